The van der Waals surface area contributed by atoms with Gasteiger partial charge in [-0.1, -0.05) is 17.7 Å². The van der Waals surface area contributed by atoms with Gasteiger partial charge in [-0.2, -0.15) is 0 Å². The number of nitrogen functional groups attached to an aromatic ring is 1. The fourth-order valence-corrected chi connectivity index (χ4v) is 3.08. The number of nitrogens with one attached hydrogen (secondary N) is 1. The molecule has 1 atom stereocenters. The van der Waals surface area contributed by atoms with Gasteiger partial charge in [-0.25, -0.2) is 0 Å². The largest absolute Gasteiger partial charge is 0.399 e. The number of carbonyl (C=O) groups is 1. The summed E-state index contributed by atoms with van der Waals surface area (Å²) < 4.78 is 12.2. The maximum Gasteiger partial charge on any atom is 0.237 e. The van der Waals surface area contributed by atoms with Gasteiger partial charge in [-0.3, -0.25) is 9.00 Å². The highest BCUT2D eigenvalue weighted by molar-refractivity contribution is 7.85. The van der Waals surface area contributed by atoms with E-state index in [1.165, 1.54) is 0 Å². The molecule has 3 N–H and O–H groups in total. The molecule has 0 aliphatic heterocycles. The minimum absolute atomic E-state index is 0.118. The third kappa shape index (κ3) is 4.31. The normalized spacial score (nSPS) is 11.9. The average molecular weight is 323 g/mol. The SMILES string of the molecule is Cc1ccc(N)cc1S(=O)CC(=O)Nc1ccc(Cl)cc1. The number of hydrogen-bond donors (Lipinski definition) is 2. The number of amides is 1. The summed E-state index contributed by atoms with van der Waals surface area (Å²) in [4.78, 5) is 12.5. The maximum absolute atomic E-state index is 12.2. The summed E-state index contributed by atoms with van der Waals surface area (Å²) >= 11 is 5.77. The van der Waals surface area contributed by atoms with Crippen molar-refractivity contribution in [2.45, 2.75) is 11.8 Å². The number of hydrogen-bond acceptors (Lipinski definition) is 3. The molecule has 2 aromatic rings. The Labute approximate surface area is 130 Å². The monoisotopic (exact) mass is 322 g/mol. The number of halogens is 1. The minimum atomic E-state index is -1.43. The lowest BCUT2D eigenvalue weighted by Crippen LogP contribution is -2.20. The van der Waals surface area contributed by atoms with Gasteiger partial charge >= 0.3 is 0 Å². The van der Waals surface area contributed by atoms with Crippen molar-refractivity contribution in [3.05, 3.63) is 53.1 Å². The highest BCUT2D eigenvalue weighted by Gasteiger charge is 2.13. The van der Waals surface area contributed by atoms with Crippen LogP contribution < -0.4 is 11.1 Å². The summed E-state index contributed by atoms with van der Waals surface area (Å²) in [7, 11) is -1.43. The first-order chi connectivity index (χ1) is 9.95. The van der Waals surface area contributed by atoms with Crippen LogP contribution in [0.2, 0.25) is 5.02 Å². The van der Waals surface area contributed by atoms with Gasteiger partial charge in [0.15, 0.2) is 0 Å². The molecule has 0 spiro atoms. The fourth-order valence-electron chi connectivity index (χ4n) is 1.79. The molecule has 1 unspecified atom stereocenters. The molecular formula is C15H15ClN2O2S. The van der Waals surface area contributed by atoms with Gasteiger partial charge in [0.25, 0.3) is 0 Å². The molecule has 0 aromatic heterocycles. The Balaban J connectivity index is 2.03. The highest BCUT2D eigenvalue weighted by atomic mass is 35.5. The lowest BCUT2D eigenvalue weighted by Gasteiger charge is -2.08. The second-order valence-corrected chi connectivity index (χ2v) is 6.43. The first kappa shape index (κ1) is 15.5. The van der Waals surface area contributed by atoms with Crippen molar-refractivity contribution in [1.29, 1.82) is 0 Å². The van der Waals surface area contributed by atoms with Crippen molar-refractivity contribution in [2.75, 3.05) is 16.8 Å². The molecule has 1 amide bonds. The van der Waals surface area contributed by atoms with E-state index in [1.807, 2.05) is 6.92 Å². The van der Waals surface area contributed by atoms with Gasteiger partial charge in [-0.15, -0.1) is 0 Å². The highest BCUT2D eigenvalue weighted by Crippen LogP contribution is 2.18. The molecule has 0 aliphatic rings. The fraction of sp³-hybridized carbons (Fsp3) is 0.133. The van der Waals surface area contributed by atoms with Gasteiger partial charge < -0.3 is 11.1 Å². The van der Waals surface area contributed by atoms with E-state index in [4.69, 9.17) is 17.3 Å². The molecule has 0 aliphatic carbocycles. The summed E-state index contributed by atoms with van der Waals surface area (Å²) in [5.74, 6) is -0.440. The number of rotatable bonds is 4. The molecular weight excluding hydrogens is 308 g/mol. The van der Waals surface area contributed by atoms with Crippen LogP contribution in [0.15, 0.2) is 47.4 Å². The van der Waals surface area contributed by atoms with Crippen LogP contribution in [0.4, 0.5) is 11.4 Å². The third-order valence-corrected chi connectivity index (χ3v) is 4.55. The summed E-state index contributed by atoms with van der Waals surface area (Å²) in [6, 6.07) is 11.9. The van der Waals surface area contributed by atoms with Gasteiger partial charge in [0.05, 0.1) is 10.8 Å². The number of carbonyl (C=O) groups excluding carboxylic acids is 1. The molecule has 0 heterocycles. The first-order valence-electron chi connectivity index (χ1n) is 6.25. The third-order valence-electron chi connectivity index (χ3n) is 2.85. The maximum atomic E-state index is 12.2. The van der Waals surface area contributed by atoms with Crippen LogP contribution in [-0.4, -0.2) is 15.9 Å². The Hall–Kier alpha value is -1.85. The summed E-state index contributed by atoms with van der Waals surface area (Å²) in [6.07, 6.45) is 0. The zero-order valence-electron chi connectivity index (χ0n) is 11.4. The zero-order valence-corrected chi connectivity index (χ0v) is 13.0. The van der Waals surface area contributed by atoms with Gasteiger partial charge in [-0.05, 0) is 48.9 Å². The lowest BCUT2D eigenvalue weighted by atomic mass is 10.2. The predicted molar refractivity (Wildman–Crippen MR) is 86.9 cm³/mol. The van der Waals surface area contributed by atoms with Crippen molar-refractivity contribution >= 4 is 39.7 Å². The second-order valence-electron chi connectivity index (χ2n) is 4.57. The van der Waals surface area contributed by atoms with Crippen molar-refractivity contribution < 1.29 is 9.00 Å². The Bertz CT molecular complexity index is 687. The zero-order chi connectivity index (χ0) is 15.4. The van der Waals surface area contributed by atoms with Crippen molar-refractivity contribution in [3.8, 4) is 0 Å². The number of benzene rings is 2. The van der Waals surface area contributed by atoms with E-state index in [9.17, 15) is 9.00 Å². The van der Waals surface area contributed by atoms with Crippen molar-refractivity contribution in [1.82, 2.24) is 0 Å². The molecule has 4 nitrogen and oxygen atoms in total. The van der Waals surface area contributed by atoms with Crippen molar-refractivity contribution in [2.24, 2.45) is 0 Å². The minimum Gasteiger partial charge on any atom is -0.399 e. The predicted octanol–water partition coefficient (Wildman–Crippen LogP) is 2.98. The van der Waals surface area contributed by atoms with E-state index in [2.05, 4.69) is 5.32 Å². The van der Waals surface area contributed by atoms with E-state index < -0.39 is 10.8 Å². The van der Waals surface area contributed by atoms with E-state index in [1.54, 1.807) is 42.5 Å². The van der Waals surface area contributed by atoms with Crippen LogP contribution in [0.3, 0.4) is 0 Å². The molecule has 0 saturated carbocycles. The van der Waals surface area contributed by atoms with E-state index in [0.29, 0.717) is 21.3 Å². The Kier molecular flexibility index (Phi) is 4.98. The molecule has 0 saturated heterocycles. The summed E-state index contributed by atoms with van der Waals surface area (Å²) in [5.41, 5.74) is 7.68. The molecule has 110 valence electrons. The Morgan fingerprint density at radius 2 is 1.90 bits per heavy atom. The van der Waals surface area contributed by atoms with Gasteiger partial charge in [0, 0.05) is 21.3 Å². The lowest BCUT2D eigenvalue weighted by molar-refractivity contribution is -0.113. The van der Waals surface area contributed by atoms with Crippen LogP contribution >= 0.6 is 11.6 Å². The quantitative estimate of drug-likeness (QED) is 0.850. The molecule has 2 rings (SSSR count). The first-order valence-corrected chi connectivity index (χ1v) is 7.95. The van der Waals surface area contributed by atoms with E-state index in [-0.39, 0.29) is 11.7 Å². The smallest absolute Gasteiger partial charge is 0.237 e. The number of nitrogens with two attached hydrogens (primary N) is 1. The van der Waals surface area contributed by atoms with Gasteiger partial charge in [0.2, 0.25) is 5.91 Å². The summed E-state index contributed by atoms with van der Waals surface area (Å²) in [5, 5.41) is 3.27. The molecule has 0 radical (unpaired) electrons. The Morgan fingerprint density at radius 1 is 1.24 bits per heavy atom. The van der Waals surface area contributed by atoms with Gasteiger partial charge in [0.1, 0.15) is 5.75 Å². The van der Waals surface area contributed by atoms with Crippen LogP contribution in [-0.2, 0) is 15.6 Å². The van der Waals surface area contributed by atoms with Crippen LogP contribution in [0.1, 0.15) is 5.56 Å². The molecule has 21 heavy (non-hydrogen) atoms. The van der Waals surface area contributed by atoms with E-state index >= 15 is 0 Å². The molecule has 6 heteroatoms. The molecule has 0 fully saturated rings. The summed E-state index contributed by atoms with van der Waals surface area (Å²) in [6.45, 7) is 1.84. The van der Waals surface area contributed by atoms with Crippen LogP contribution in [0, 0.1) is 6.92 Å². The van der Waals surface area contributed by atoms with Crippen molar-refractivity contribution in [3.63, 3.8) is 0 Å². The average Bonchev–Trinajstić information content (AvgIpc) is 2.44. The molecule has 0 bridgehead atoms. The number of aryl methyl sites for hydroxylation is 1. The van der Waals surface area contributed by atoms with Crippen LogP contribution in [0.25, 0.3) is 0 Å². The second kappa shape index (κ2) is 6.74. The standard InChI is InChI=1S/C15H15ClN2O2S/c1-10-2-5-12(17)8-14(10)21(20)9-15(19)18-13-6-3-11(16)4-7-13/h2-8H,9,17H2,1H3,(H,18,19). The molecule has 2 aromatic carbocycles. The Morgan fingerprint density at radius 3 is 2.57 bits per heavy atom. The number of anilines is 2. The topological polar surface area (TPSA) is 72.2 Å². The van der Waals surface area contributed by atoms with Crippen LogP contribution in [0.5, 0.6) is 0 Å². The van der Waals surface area contributed by atoms with E-state index in [0.717, 1.165) is 5.56 Å².